The van der Waals surface area contributed by atoms with Crippen LogP contribution in [0.4, 0.5) is 0 Å². The fraction of sp³-hybridized carbons (Fsp3) is 0.0833. The van der Waals surface area contributed by atoms with Crippen molar-refractivity contribution < 1.29 is 10.2 Å². The molecule has 0 saturated heterocycles. The van der Waals surface area contributed by atoms with Gasteiger partial charge in [0.25, 0.3) is 0 Å². The first-order valence-electron chi connectivity index (χ1n) is 5.78. The van der Waals surface area contributed by atoms with E-state index in [9.17, 15) is 10.2 Å². The number of nitrogens with one attached hydrogen (secondary N) is 1. The second-order valence-corrected chi connectivity index (χ2v) is 3.96. The highest BCUT2D eigenvalue weighted by Gasteiger charge is 2.21. The Bertz CT molecular complexity index is 700. The molecule has 8 nitrogen and oxygen atoms in total. The van der Waals surface area contributed by atoms with E-state index in [1.54, 1.807) is 12.1 Å². The van der Waals surface area contributed by atoms with Gasteiger partial charge in [-0.05, 0) is 24.3 Å². The summed E-state index contributed by atoms with van der Waals surface area (Å²) in [7, 11) is 0. The summed E-state index contributed by atoms with van der Waals surface area (Å²) in [5.74, 6) is 0.129. The summed E-state index contributed by atoms with van der Waals surface area (Å²) < 4.78 is 0. The molecule has 20 heavy (non-hydrogen) atoms. The molecule has 3 N–H and O–H groups in total. The Morgan fingerprint density at radius 2 is 1.75 bits per heavy atom. The summed E-state index contributed by atoms with van der Waals surface area (Å²) in [6.45, 7) is 0. The zero-order chi connectivity index (χ0) is 13.9. The van der Waals surface area contributed by atoms with Crippen LogP contribution in [0.2, 0.25) is 0 Å². The Labute approximate surface area is 113 Å². The van der Waals surface area contributed by atoms with Crippen molar-refractivity contribution in [3.63, 3.8) is 0 Å². The van der Waals surface area contributed by atoms with Gasteiger partial charge in [-0.15, -0.1) is 5.11 Å². The van der Waals surface area contributed by atoms with Gasteiger partial charge in [0, 0.05) is 12.4 Å². The van der Waals surface area contributed by atoms with E-state index >= 15 is 0 Å². The van der Waals surface area contributed by atoms with E-state index in [0.717, 1.165) is 0 Å². The molecular formula is C12H10N6O2. The first-order chi connectivity index (χ1) is 9.75. The van der Waals surface area contributed by atoms with Crippen molar-refractivity contribution in [3.8, 4) is 11.5 Å². The van der Waals surface area contributed by atoms with Gasteiger partial charge < -0.3 is 10.2 Å². The lowest BCUT2D eigenvalue weighted by Crippen LogP contribution is -2.21. The number of amidine groups is 1. The van der Waals surface area contributed by atoms with Gasteiger partial charge in [-0.3, -0.25) is 10.4 Å². The van der Waals surface area contributed by atoms with Crippen LogP contribution in [0, 0.1) is 0 Å². The predicted octanol–water partition coefficient (Wildman–Crippen LogP) is 1.30. The Kier molecular flexibility index (Phi) is 2.96. The summed E-state index contributed by atoms with van der Waals surface area (Å²) in [4.78, 5) is 7.99. The van der Waals surface area contributed by atoms with Crippen LogP contribution in [0.3, 0.4) is 0 Å². The summed E-state index contributed by atoms with van der Waals surface area (Å²) in [5, 5.41) is 31.2. The fourth-order valence-corrected chi connectivity index (χ4v) is 1.69. The lowest BCUT2D eigenvalue weighted by Gasteiger charge is -2.15. The molecule has 0 aliphatic carbocycles. The quantitative estimate of drug-likeness (QED) is 0.760. The van der Waals surface area contributed by atoms with Gasteiger partial charge in [-0.2, -0.15) is 10.2 Å². The number of hydrogen-bond acceptors (Lipinski definition) is 8. The minimum atomic E-state index is -0.675. The monoisotopic (exact) mass is 270 g/mol. The van der Waals surface area contributed by atoms with Crippen molar-refractivity contribution in [3.05, 3.63) is 48.0 Å². The number of nitrogens with zero attached hydrogens (tertiary/aromatic N) is 5. The van der Waals surface area contributed by atoms with Gasteiger partial charge in [-0.25, -0.2) is 4.98 Å². The van der Waals surface area contributed by atoms with E-state index in [1.807, 2.05) is 0 Å². The standard InChI is InChI=1S/C12H10N6O2/c19-7-3-1-5-13-9(7)11-15-17-12(18-16-11)10-8(20)4-2-6-14-10/h1-6,11,15,19-20H. The van der Waals surface area contributed by atoms with Crippen molar-refractivity contribution in [1.82, 2.24) is 15.4 Å². The van der Waals surface area contributed by atoms with E-state index in [0.29, 0.717) is 5.69 Å². The third-order valence-corrected chi connectivity index (χ3v) is 2.63. The van der Waals surface area contributed by atoms with Gasteiger partial charge in [0.05, 0.1) is 0 Å². The highest BCUT2D eigenvalue weighted by atomic mass is 16.3. The van der Waals surface area contributed by atoms with Crippen LogP contribution < -0.4 is 5.43 Å². The molecule has 0 radical (unpaired) electrons. The van der Waals surface area contributed by atoms with Gasteiger partial charge >= 0.3 is 0 Å². The summed E-state index contributed by atoms with van der Waals surface area (Å²) in [5.41, 5.74) is 3.26. The maximum absolute atomic E-state index is 9.68. The highest BCUT2D eigenvalue weighted by Crippen LogP contribution is 2.25. The van der Waals surface area contributed by atoms with E-state index in [1.165, 1.54) is 24.5 Å². The van der Waals surface area contributed by atoms with Crippen LogP contribution in [0.25, 0.3) is 0 Å². The average Bonchev–Trinajstić information content (AvgIpc) is 2.49. The van der Waals surface area contributed by atoms with E-state index in [-0.39, 0.29) is 23.0 Å². The lowest BCUT2D eigenvalue weighted by molar-refractivity contribution is 0.436. The first kappa shape index (κ1) is 12.0. The molecule has 3 heterocycles. The van der Waals surface area contributed by atoms with E-state index in [4.69, 9.17) is 0 Å². The van der Waals surface area contributed by atoms with Gasteiger partial charge in [0.15, 0.2) is 5.69 Å². The molecule has 1 aliphatic rings. The molecule has 0 amide bonds. The normalized spacial score (nSPS) is 17.4. The molecule has 1 unspecified atom stereocenters. The van der Waals surface area contributed by atoms with Crippen LogP contribution in [0.1, 0.15) is 17.6 Å². The van der Waals surface area contributed by atoms with Gasteiger partial charge in [0.1, 0.15) is 17.2 Å². The molecule has 0 spiro atoms. The Morgan fingerprint density at radius 3 is 2.40 bits per heavy atom. The topological polar surface area (TPSA) is 115 Å². The molecule has 100 valence electrons. The summed E-state index contributed by atoms with van der Waals surface area (Å²) in [6, 6.07) is 6.20. The molecule has 1 atom stereocenters. The Balaban J connectivity index is 1.85. The molecule has 3 rings (SSSR count). The van der Waals surface area contributed by atoms with Crippen molar-refractivity contribution in [2.24, 2.45) is 15.3 Å². The van der Waals surface area contributed by atoms with Gasteiger partial charge in [-0.1, -0.05) is 0 Å². The minimum Gasteiger partial charge on any atom is -0.506 e. The summed E-state index contributed by atoms with van der Waals surface area (Å²) in [6.07, 6.45) is 2.38. The smallest absolute Gasteiger partial charge is 0.222 e. The predicted molar refractivity (Wildman–Crippen MR) is 69.1 cm³/mol. The molecule has 8 heteroatoms. The van der Waals surface area contributed by atoms with Crippen molar-refractivity contribution in [1.29, 1.82) is 0 Å². The van der Waals surface area contributed by atoms with Gasteiger partial charge in [0.2, 0.25) is 12.0 Å². The molecular weight excluding hydrogens is 260 g/mol. The third kappa shape index (κ3) is 2.14. The zero-order valence-corrected chi connectivity index (χ0v) is 10.2. The number of hydrogen-bond donors (Lipinski definition) is 3. The molecule has 0 bridgehead atoms. The van der Waals surface area contributed by atoms with Crippen molar-refractivity contribution in [2.75, 3.05) is 0 Å². The number of hydrazone groups is 1. The average molecular weight is 270 g/mol. The molecule has 0 fully saturated rings. The molecule has 0 saturated carbocycles. The van der Waals surface area contributed by atoms with E-state index in [2.05, 4.69) is 30.7 Å². The van der Waals surface area contributed by atoms with Crippen LogP contribution in [0.15, 0.2) is 52.0 Å². The number of rotatable bonds is 2. The molecule has 1 aliphatic heterocycles. The second-order valence-electron chi connectivity index (χ2n) is 3.96. The molecule has 2 aromatic heterocycles. The number of aromatic nitrogens is 2. The van der Waals surface area contributed by atoms with Crippen molar-refractivity contribution >= 4 is 5.84 Å². The highest BCUT2D eigenvalue weighted by molar-refractivity contribution is 5.99. The number of pyridine rings is 2. The van der Waals surface area contributed by atoms with E-state index < -0.39 is 6.17 Å². The largest absolute Gasteiger partial charge is 0.506 e. The third-order valence-electron chi connectivity index (χ3n) is 2.63. The SMILES string of the molecule is Oc1cccnc1C1=NNC(c2ncccc2O)N=N1. The first-order valence-corrected chi connectivity index (χ1v) is 5.78. The number of aromatic hydroxyl groups is 2. The summed E-state index contributed by atoms with van der Waals surface area (Å²) >= 11 is 0. The zero-order valence-electron chi connectivity index (χ0n) is 10.2. The number of azo groups is 1. The van der Waals surface area contributed by atoms with Crippen LogP contribution >= 0.6 is 0 Å². The molecule has 2 aromatic rings. The fourth-order valence-electron chi connectivity index (χ4n) is 1.69. The second kappa shape index (κ2) is 4.92. The van der Waals surface area contributed by atoms with Crippen LogP contribution in [0.5, 0.6) is 11.5 Å². The Morgan fingerprint density at radius 1 is 1.00 bits per heavy atom. The van der Waals surface area contributed by atoms with Crippen molar-refractivity contribution in [2.45, 2.75) is 6.17 Å². The molecule has 0 aromatic carbocycles. The maximum atomic E-state index is 9.68. The van der Waals surface area contributed by atoms with Crippen LogP contribution in [-0.2, 0) is 0 Å². The minimum absolute atomic E-state index is 0.00304. The lowest BCUT2D eigenvalue weighted by atomic mass is 10.2. The maximum Gasteiger partial charge on any atom is 0.222 e. The Hall–Kier alpha value is -3.03. The van der Waals surface area contributed by atoms with Crippen LogP contribution in [-0.4, -0.2) is 26.0 Å².